The van der Waals surface area contributed by atoms with Crippen LogP contribution < -0.4 is 10.1 Å². The molecule has 21 heavy (non-hydrogen) atoms. The Kier molecular flexibility index (Phi) is 6.23. The van der Waals surface area contributed by atoms with Crippen LogP contribution in [0.4, 0.5) is 0 Å². The van der Waals surface area contributed by atoms with E-state index in [1.807, 2.05) is 31.2 Å². The molecule has 1 heterocycles. The standard InChI is InChI=1S/C17H23NO2S/c1-3-14-8-9-21-17(14)11-18-10-15(19)12-20-16-6-4-13(2)5-7-16/h4-9,15,18-19H,3,10-12H2,1-2H3. The fourth-order valence-corrected chi connectivity index (χ4v) is 3.02. The molecule has 0 saturated carbocycles. The molecule has 2 rings (SSSR count). The van der Waals surface area contributed by atoms with E-state index in [0.29, 0.717) is 13.2 Å². The normalized spacial score (nSPS) is 12.3. The highest BCUT2D eigenvalue weighted by Crippen LogP contribution is 2.16. The van der Waals surface area contributed by atoms with Gasteiger partial charge in [-0.15, -0.1) is 11.3 Å². The summed E-state index contributed by atoms with van der Waals surface area (Å²) in [6.07, 6.45) is 0.552. The Bertz CT molecular complexity index is 536. The highest BCUT2D eigenvalue weighted by atomic mass is 32.1. The van der Waals surface area contributed by atoms with E-state index in [2.05, 4.69) is 23.7 Å². The Hall–Kier alpha value is -1.36. The van der Waals surface area contributed by atoms with Crippen molar-refractivity contribution in [3.05, 3.63) is 51.7 Å². The zero-order valence-corrected chi connectivity index (χ0v) is 13.5. The third-order valence-corrected chi connectivity index (χ3v) is 4.31. The van der Waals surface area contributed by atoms with Crippen LogP contribution in [0.2, 0.25) is 0 Å². The van der Waals surface area contributed by atoms with Crippen molar-refractivity contribution < 1.29 is 9.84 Å². The van der Waals surface area contributed by atoms with Crippen LogP contribution in [0.25, 0.3) is 0 Å². The van der Waals surface area contributed by atoms with Crippen LogP contribution in [0.5, 0.6) is 5.75 Å². The van der Waals surface area contributed by atoms with Gasteiger partial charge in [-0.3, -0.25) is 0 Å². The van der Waals surface area contributed by atoms with Gasteiger partial charge in [0.2, 0.25) is 0 Å². The smallest absolute Gasteiger partial charge is 0.119 e. The van der Waals surface area contributed by atoms with Gasteiger partial charge in [-0.1, -0.05) is 24.6 Å². The van der Waals surface area contributed by atoms with Crippen molar-refractivity contribution in [2.45, 2.75) is 32.9 Å². The Labute approximate surface area is 130 Å². The summed E-state index contributed by atoms with van der Waals surface area (Å²) < 4.78 is 5.57. The summed E-state index contributed by atoms with van der Waals surface area (Å²) >= 11 is 1.76. The van der Waals surface area contributed by atoms with E-state index in [-0.39, 0.29) is 0 Å². The van der Waals surface area contributed by atoms with Crippen molar-refractivity contribution in [1.82, 2.24) is 5.32 Å². The molecule has 2 N–H and O–H groups in total. The van der Waals surface area contributed by atoms with E-state index >= 15 is 0 Å². The molecule has 4 heteroatoms. The summed E-state index contributed by atoms with van der Waals surface area (Å²) in [6, 6.07) is 10.0. The SMILES string of the molecule is CCc1ccsc1CNCC(O)COc1ccc(C)cc1. The molecule has 0 aliphatic heterocycles. The minimum absolute atomic E-state index is 0.307. The largest absolute Gasteiger partial charge is 0.491 e. The first-order valence-corrected chi connectivity index (χ1v) is 8.20. The average Bonchev–Trinajstić information content (AvgIpc) is 2.94. The molecular formula is C17H23NO2S. The maximum atomic E-state index is 9.94. The van der Waals surface area contributed by atoms with E-state index in [1.165, 1.54) is 16.0 Å². The van der Waals surface area contributed by atoms with Gasteiger partial charge in [-0.05, 0) is 42.5 Å². The maximum absolute atomic E-state index is 9.94. The Morgan fingerprint density at radius 2 is 2.00 bits per heavy atom. The number of aliphatic hydroxyl groups is 1. The monoisotopic (exact) mass is 305 g/mol. The molecule has 0 aliphatic rings. The molecule has 0 saturated heterocycles. The zero-order chi connectivity index (χ0) is 15.1. The quantitative estimate of drug-likeness (QED) is 0.787. The van der Waals surface area contributed by atoms with E-state index < -0.39 is 6.10 Å². The lowest BCUT2D eigenvalue weighted by atomic mass is 10.2. The Balaban J connectivity index is 1.68. The number of aliphatic hydroxyl groups excluding tert-OH is 1. The third-order valence-electron chi connectivity index (χ3n) is 3.35. The topological polar surface area (TPSA) is 41.5 Å². The van der Waals surface area contributed by atoms with Gasteiger partial charge in [0.25, 0.3) is 0 Å². The molecular weight excluding hydrogens is 282 g/mol. The van der Waals surface area contributed by atoms with Crippen molar-refractivity contribution >= 4 is 11.3 Å². The molecule has 1 atom stereocenters. The molecule has 0 bridgehead atoms. The summed E-state index contributed by atoms with van der Waals surface area (Å²) in [4.78, 5) is 1.35. The summed E-state index contributed by atoms with van der Waals surface area (Å²) in [6.45, 7) is 5.85. The first-order valence-electron chi connectivity index (χ1n) is 7.32. The number of rotatable bonds is 8. The first kappa shape index (κ1) is 16.0. The van der Waals surface area contributed by atoms with Gasteiger partial charge >= 0.3 is 0 Å². The second-order valence-electron chi connectivity index (χ2n) is 5.13. The van der Waals surface area contributed by atoms with Crippen LogP contribution >= 0.6 is 11.3 Å². The van der Waals surface area contributed by atoms with Gasteiger partial charge in [0.15, 0.2) is 0 Å². The molecule has 0 aliphatic carbocycles. The van der Waals surface area contributed by atoms with Crippen LogP contribution in [-0.4, -0.2) is 24.4 Å². The maximum Gasteiger partial charge on any atom is 0.119 e. The van der Waals surface area contributed by atoms with Crippen molar-refractivity contribution in [1.29, 1.82) is 0 Å². The minimum atomic E-state index is -0.503. The second-order valence-corrected chi connectivity index (χ2v) is 6.13. The highest BCUT2D eigenvalue weighted by Gasteiger charge is 2.07. The fourth-order valence-electron chi connectivity index (χ4n) is 2.08. The van der Waals surface area contributed by atoms with Crippen LogP contribution in [0.1, 0.15) is 22.9 Å². The first-order chi connectivity index (χ1) is 10.2. The van der Waals surface area contributed by atoms with E-state index in [0.717, 1.165) is 18.7 Å². The second kappa shape index (κ2) is 8.17. The molecule has 0 amide bonds. The number of hydrogen-bond donors (Lipinski definition) is 2. The van der Waals surface area contributed by atoms with Crippen molar-refractivity contribution in [3.8, 4) is 5.75 Å². The average molecular weight is 305 g/mol. The molecule has 1 aromatic carbocycles. The lowest BCUT2D eigenvalue weighted by molar-refractivity contribution is 0.106. The summed E-state index contributed by atoms with van der Waals surface area (Å²) in [5.74, 6) is 0.797. The highest BCUT2D eigenvalue weighted by molar-refractivity contribution is 7.10. The summed E-state index contributed by atoms with van der Waals surface area (Å²) in [5, 5.41) is 15.3. The van der Waals surface area contributed by atoms with Crippen LogP contribution in [0.15, 0.2) is 35.7 Å². The molecule has 3 nitrogen and oxygen atoms in total. The molecule has 0 fully saturated rings. The number of hydrogen-bond acceptors (Lipinski definition) is 4. The predicted octanol–water partition coefficient (Wildman–Crippen LogP) is 3.15. The summed E-state index contributed by atoms with van der Waals surface area (Å²) in [7, 11) is 0. The van der Waals surface area contributed by atoms with E-state index in [9.17, 15) is 5.11 Å². The molecule has 0 spiro atoms. The van der Waals surface area contributed by atoms with Gasteiger partial charge in [-0.25, -0.2) is 0 Å². The van der Waals surface area contributed by atoms with Crippen LogP contribution in [-0.2, 0) is 13.0 Å². The molecule has 1 unspecified atom stereocenters. The molecule has 0 radical (unpaired) electrons. The van der Waals surface area contributed by atoms with Crippen molar-refractivity contribution in [2.75, 3.05) is 13.2 Å². The minimum Gasteiger partial charge on any atom is -0.491 e. The van der Waals surface area contributed by atoms with Gasteiger partial charge < -0.3 is 15.2 Å². The Morgan fingerprint density at radius 1 is 1.24 bits per heavy atom. The number of ether oxygens (including phenoxy) is 1. The fraction of sp³-hybridized carbons (Fsp3) is 0.412. The Morgan fingerprint density at radius 3 is 2.71 bits per heavy atom. The number of benzene rings is 1. The van der Waals surface area contributed by atoms with Crippen molar-refractivity contribution in [2.24, 2.45) is 0 Å². The van der Waals surface area contributed by atoms with Crippen LogP contribution in [0, 0.1) is 6.92 Å². The number of thiophene rings is 1. The van der Waals surface area contributed by atoms with E-state index in [4.69, 9.17) is 4.74 Å². The lowest BCUT2D eigenvalue weighted by Gasteiger charge is -2.13. The molecule has 114 valence electrons. The third kappa shape index (κ3) is 5.16. The van der Waals surface area contributed by atoms with Gasteiger partial charge in [0, 0.05) is 18.0 Å². The van der Waals surface area contributed by atoms with E-state index in [1.54, 1.807) is 11.3 Å². The molecule has 1 aromatic heterocycles. The number of aryl methyl sites for hydroxylation is 2. The lowest BCUT2D eigenvalue weighted by Crippen LogP contribution is -2.31. The predicted molar refractivity (Wildman–Crippen MR) is 88.1 cm³/mol. The van der Waals surface area contributed by atoms with Gasteiger partial charge in [0.1, 0.15) is 18.5 Å². The molecule has 2 aromatic rings. The number of nitrogens with one attached hydrogen (secondary N) is 1. The van der Waals surface area contributed by atoms with Crippen molar-refractivity contribution in [3.63, 3.8) is 0 Å². The van der Waals surface area contributed by atoms with Gasteiger partial charge in [-0.2, -0.15) is 0 Å². The van der Waals surface area contributed by atoms with Gasteiger partial charge in [0.05, 0.1) is 0 Å². The summed E-state index contributed by atoms with van der Waals surface area (Å²) in [5.41, 5.74) is 2.59. The van der Waals surface area contributed by atoms with Crippen LogP contribution in [0.3, 0.4) is 0 Å². The zero-order valence-electron chi connectivity index (χ0n) is 12.6.